The van der Waals surface area contributed by atoms with Gasteiger partial charge in [-0.2, -0.15) is 0 Å². The number of likely N-dealkylation sites (N-methyl/N-ethyl adjacent to an activating group) is 1. The van der Waals surface area contributed by atoms with E-state index in [0.717, 1.165) is 45.0 Å². The SMILES string of the molecule is CCCCOc1ccc(CNC(C)CN(CC)CC)cc1. The van der Waals surface area contributed by atoms with Crippen molar-refractivity contribution in [1.82, 2.24) is 10.2 Å². The van der Waals surface area contributed by atoms with Gasteiger partial charge in [0.15, 0.2) is 0 Å². The average molecular weight is 292 g/mol. The second kappa shape index (κ2) is 10.6. The molecule has 1 aromatic carbocycles. The van der Waals surface area contributed by atoms with Crippen molar-refractivity contribution in [3.63, 3.8) is 0 Å². The summed E-state index contributed by atoms with van der Waals surface area (Å²) in [5.41, 5.74) is 1.31. The third kappa shape index (κ3) is 7.49. The van der Waals surface area contributed by atoms with Crippen molar-refractivity contribution in [1.29, 1.82) is 0 Å². The number of benzene rings is 1. The summed E-state index contributed by atoms with van der Waals surface area (Å²) < 4.78 is 5.68. The molecular weight excluding hydrogens is 260 g/mol. The van der Waals surface area contributed by atoms with Crippen LogP contribution in [0.1, 0.15) is 46.1 Å². The van der Waals surface area contributed by atoms with Crippen LogP contribution in [0.4, 0.5) is 0 Å². The van der Waals surface area contributed by atoms with Crippen LogP contribution in [0.5, 0.6) is 5.75 Å². The van der Waals surface area contributed by atoms with E-state index in [1.807, 2.05) is 0 Å². The first kappa shape index (κ1) is 18.0. The zero-order valence-electron chi connectivity index (χ0n) is 14.2. The molecule has 1 aromatic rings. The minimum absolute atomic E-state index is 0.505. The van der Waals surface area contributed by atoms with Crippen LogP contribution in [0.15, 0.2) is 24.3 Å². The van der Waals surface area contributed by atoms with Gasteiger partial charge >= 0.3 is 0 Å². The first-order valence-electron chi connectivity index (χ1n) is 8.37. The molecule has 0 aliphatic carbocycles. The summed E-state index contributed by atoms with van der Waals surface area (Å²) in [4.78, 5) is 2.45. The first-order valence-corrected chi connectivity index (χ1v) is 8.37. The van der Waals surface area contributed by atoms with E-state index in [4.69, 9.17) is 4.74 Å². The van der Waals surface area contributed by atoms with E-state index in [2.05, 4.69) is 62.2 Å². The lowest BCUT2D eigenvalue weighted by Gasteiger charge is -2.23. The number of hydrogen-bond acceptors (Lipinski definition) is 3. The van der Waals surface area contributed by atoms with Gasteiger partial charge in [-0.05, 0) is 44.1 Å². The Morgan fingerprint density at radius 1 is 1.10 bits per heavy atom. The highest BCUT2D eigenvalue weighted by molar-refractivity contribution is 5.27. The normalized spacial score (nSPS) is 12.6. The molecule has 0 radical (unpaired) electrons. The molecule has 1 N–H and O–H groups in total. The van der Waals surface area contributed by atoms with Crippen LogP contribution >= 0.6 is 0 Å². The summed E-state index contributed by atoms with van der Waals surface area (Å²) in [6, 6.07) is 8.95. The lowest BCUT2D eigenvalue weighted by Crippen LogP contribution is -2.38. The van der Waals surface area contributed by atoms with Gasteiger partial charge in [-0.3, -0.25) is 0 Å². The zero-order chi connectivity index (χ0) is 15.5. The molecule has 0 spiro atoms. The molecule has 0 amide bonds. The van der Waals surface area contributed by atoms with Gasteiger partial charge in [0.25, 0.3) is 0 Å². The minimum Gasteiger partial charge on any atom is -0.494 e. The van der Waals surface area contributed by atoms with Crippen LogP contribution in [0, 0.1) is 0 Å². The standard InChI is InChI=1S/C18H32N2O/c1-5-8-13-21-18-11-9-17(10-12-18)14-19-16(4)15-20(6-2)7-3/h9-12,16,19H,5-8,13-15H2,1-4H3. The summed E-state index contributed by atoms with van der Waals surface area (Å²) >= 11 is 0. The molecule has 0 fully saturated rings. The number of hydrogen-bond donors (Lipinski definition) is 1. The van der Waals surface area contributed by atoms with Crippen molar-refractivity contribution in [2.75, 3.05) is 26.2 Å². The molecule has 3 heteroatoms. The zero-order valence-corrected chi connectivity index (χ0v) is 14.2. The number of ether oxygens (including phenoxy) is 1. The van der Waals surface area contributed by atoms with Crippen molar-refractivity contribution in [3.8, 4) is 5.75 Å². The van der Waals surface area contributed by atoms with Crippen LogP contribution < -0.4 is 10.1 Å². The molecule has 0 heterocycles. The molecule has 0 bridgehead atoms. The quantitative estimate of drug-likeness (QED) is 0.630. The third-order valence-electron chi connectivity index (χ3n) is 3.77. The maximum absolute atomic E-state index is 5.68. The fourth-order valence-electron chi connectivity index (χ4n) is 2.26. The van der Waals surface area contributed by atoms with Gasteiger partial charge in [0.2, 0.25) is 0 Å². The van der Waals surface area contributed by atoms with E-state index >= 15 is 0 Å². The Bertz CT molecular complexity index is 360. The van der Waals surface area contributed by atoms with Crippen LogP contribution in [0.25, 0.3) is 0 Å². The maximum atomic E-state index is 5.68. The van der Waals surface area contributed by atoms with Gasteiger partial charge in [0.05, 0.1) is 6.61 Å². The number of nitrogens with one attached hydrogen (secondary N) is 1. The fraction of sp³-hybridized carbons (Fsp3) is 0.667. The predicted molar refractivity (Wildman–Crippen MR) is 90.9 cm³/mol. The molecule has 21 heavy (non-hydrogen) atoms. The second-order valence-corrected chi connectivity index (χ2v) is 5.61. The summed E-state index contributed by atoms with van der Waals surface area (Å²) in [6.07, 6.45) is 2.29. The van der Waals surface area contributed by atoms with Crippen LogP contribution in [-0.4, -0.2) is 37.2 Å². The van der Waals surface area contributed by atoms with Gasteiger partial charge in [0, 0.05) is 19.1 Å². The van der Waals surface area contributed by atoms with E-state index in [-0.39, 0.29) is 0 Å². The number of rotatable bonds is 11. The fourth-order valence-corrected chi connectivity index (χ4v) is 2.26. The largest absolute Gasteiger partial charge is 0.494 e. The van der Waals surface area contributed by atoms with Crippen molar-refractivity contribution >= 4 is 0 Å². The second-order valence-electron chi connectivity index (χ2n) is 5.61. The van der Waals surface area contributed by atoms with E-state index < -0.39 is 0 Å². The van der Waals surface area contributed by atoms with Gasteiger partial charge in [-0.1, -0.05) is 39.3 Å². The molecule has 1 unspecified atom stereocenters. The third-order valence-corrected chi connectivity index (χ3v) is 3.77. The summed E-state index contributed by atoms with van der Waals surface area (Å²) in [5, 5.41) is 3.59. The molecule has 120 valence electrons. The summed E-state index contributed by atoms with van der Waals surface area (Å²) in [5.74, 6) is 0.975. The average Bonchev–Trinajstić information content (AvgIpc) is 2.52. The number of unbranched alkanes of at least 4 members (excludes halogenated alkanes) is 1. The highest BCUT2D eigenvalue weighted by atomic mass is 16.5. The molecule has 0 aliphatic rings. The van der Waals surface area contributed by atoms with E-state index in [1.165, 1.54) is 12.0 Å². The Morgan fingerprint density at radius 3 is 2.33 bits per heavy atom. The van der Waals surface area contributed by atoms with Crippen molar-refractivity contribution in [3.05, 3.63) is 29.8 Å². The Hall–Kier alpha value is -1.06. The van der Waals surface area contributed by atoms with Crippen LogP contribution in [-0.2, 0) is 6.54 Å². The van der Waals surface area contributed by atoms with Crippen LogP contribution in [0.2, 0.25) is 0 Å². The molecule has 1 atom stereocenters. The van der Waals surface area contributed by atoms with Gasteiger partial charge in [0.1, 0.15) is 5.75 Å². The summed E-state index contributed by atoms with van der Waals surface area (Å²) in [6.45, 7) is 13.9. The van der Waals surface area contributed by atoms with Gasteiger partial charge in [-0.15, -0.1) is 0 Å². The molecule has 3 nitrogen and oxygen atoms in total. The monoisotopic (exact) mass is 292 g/mol. The van der Waals surface area contributed by atoms with E-state index in [9.17, 15) is 0 Å². The topological polar surface area (TPSA) is 24.5 Å². The molecule has 1 rings (SSSR count). The van der Waals surface area contributed by atoms with Gasteiger partial charge < -0.3 is 15.0 Å². The Balaban J connectivity index is 2.31. The smallest absolute Gasteiger partial charge is 0.119 e. The first-order chi connectivity index (χ1) is 10.2. The van der Waals surface area contributed by atoms with E-state index in [1.54, 1.807) is 0 Å². The van der Waals surface area contributed by atoms with Gasteiger partial charge in [-0.25, -0.2) is 0 Å². The lowest BCUT2D eigenvalue weighted by atomic mass is 10.2. The van der Waals surface area contributed by atoms with Crippen LogP contribution in [0.3, 0.4) is 0 Å². The Kier molecular flexibility index (Phi) is 9.11. The van der Waals surface area contributed by atoms with E-state index in [0.29, 0.717) is 6.04 Å². The molecular formula is C18H32N2O. The highest BCUT2D eigenvalue weighted by Crippen LogP contribution is 2.12. The van der Waals surface area contributed by atoms with Crippen molar-refractivity contribution in [2.24, 2.45) is 0 Å². The molecule has 0 aliphatic heterocycles. The predicted octanol–water partition coefficient (Wildman–Crippen LogP) is 3.69. The van der Waals surface area contributed by atoms with Crippen molar-refractivity contribution in [2.45, 2.75) is 53.1 Å². The molecule has 0 aromatic heterocycles. The Labute approximate surface area is 130 Å². The number of nitrogens with zero attached hydrogens (tertiary/aromatic N) is 1. The maximum Gasteiger partial charge on any atom is 0.119 e. The Morgan fingerprint density at radius 2 is 1.76 bits per heavy atom. The minimum atomic E-state index is 0.505. The summed E-state index contributed by atoms with van der Waals surface area (Å²) in [7, 11) is 0. The molecule has 0 saturated carbocycles. The van der Waals surface area contributed by atoms with Crippen molar-refractivity contribution < 1.29 is 4.74 Å². The highest BCUT2D eigenvalue weighted by Gasteiger charge is 2.06. The molecule has 0 saturated heterocycles. The lowest BCUT2D eigenvalue weighted by molar-refractivity contribution is 0.270.